The van der Waals surface area contributed by atoms with Crippen molar-refractivity contribution in [2.45, 2.75) is 0 Å². The first kappa shape index (κ1) is 7.99. The van der Waals surface area contributed by atoms with Gasteiger partial charge in [-0.15, -0.1) is 5.09 Å². The van der Waals surface area contributed by atoms with E-state index in [1.165, 1.54) is 0 Å². The number of nitrogens with zero attached hydrogens (tertiary/aromatic N) is 1. The molecule has 0 aromatic heterocycles. The zero-order valence-electron chi connectivity index (χ0n) is 7.10. The lowest BCUT2D eigenvalue weighted by atomic mass is 9.81. The average Bonchev–Trinajstić information content (AvgIpc) is 2.19. The van der Waals surface area contributed by atoms with Gasteiger partial charge in [-0.2, -0.15) is 4.91 Å². The fourth-order valence-electron chi connectivity index (χ4n) is 1.50. The molecule has 0 atom stereocenters. The molecular formula is C10H8BNO. The molecule has 3 heteroatoms. The van der Waals surface area contributed by atoms with E-state index in [0.29, 0.717) is 0 Å². The molecule has 0 N–H and O–H groups in total. The van der Waals surface area contributed by atoms with Gasteiger partial charge in [-0.1, -0.05) is 42.5 Å². The minimum Gasteiger partial charge on any atom is -0.168 e. The largest absolute Gasteiger partial charge is 0.353 e. The maximum Gasteiger partial charge on any atom is 0.353 e. The molecule has 0 heterocycles. The Hall–Kier alpha value is -1.64. The summed E-state index contributed by atoms with van der Waals surface area (Å²) in [5, 5.41) is 5.18. The van der Waals surface area contributed by atoms with E-state index in [1.54, 1.807) is 0 Å². The molecule has 0 radical (unpaired) electrons. The fraction of sp³-hybridized carbons (Fsp3) is 0. The highest BCUT2D eigenvalue weighted by molar-refractivity contribution is 6.55. The van der Waals surface area contributed by atoms with Crippen molar-refractivity contribution in [1.29, 1.82) is 0 Å². The molecule has 0 aliphatic heterocycles. The third kappa shape index (κ3) is 1.45. The van der Waals surface area contributed by atoms with Crippen LogP contribution in [0, 0.1) is 4.91 Å². The van der Waals surface area contributed by atoms with Crippen molar-refractivity contribution < 1.29 is 0 Å². The summed E-state index contributed by atoms with van der Waals surface area (Å²) in [5.74, 6) is 0. The summed E-state index contributed by atoms with van der Waals surface area (Å²) in [5.41, 5.74) is 0.994. The summed E-state index contributed by atoms with van der Waals surface area (Å²) in [4.78, 5) is 10.2. The van der Waals surface area contributed by atoms with E-state index in [2.05, 4.69) is 5.09 Å². The van der Waals surface area contributed by atoms with Crippen molar-refractivity contribution in [1.82, 2.24) is 0 Å². The summed E-state index contributed by atoms with van der Waals surface area (Å²) in [7, 11) is 0.251. The summed E-state index contributed by atoms with van der Waals surface area (Å²) in [6.45, 7) is 0. The Balaban J connectivity index is 2.68. The number of hydrogen-bond acceptors (Lipinski definition) is 2. The second kappa shape index (κ2) is 3.39. The Labute approximate surface area is 76.8 Å². The first-order chi connectivity index (χ1) is 6.42. The first-order valence-corrected chi connectivity index (χ1v) is 4.17. The summed E-state index contributed by atoms with van der Waals surface area (Å²) in [6, 6.07) is 13.9. The molecule has 0 saturated heterocycles. The monoisotopic (exact) mass is 169 g/mol. The minimum absolute atomic E-state index is 0.251. The van der Waals surface area contributed by atoms with E-state index in [0.717, 1.165) is 16.2 Å². The lowest BCUT2D eigenvalue weighted by Crippen LogP contribution is -2.11. The Kier molecular flexibility index (Phi) is 2.09. The quantitative estimate of drug-likeness (QED) is 0.495. The van der Waals surface area contributed by atoms with Crippen LogP contribution in [-0.4, -0.2) is 7.41 Å². The van der Waals surface area contributed by atoms with Gasteiger partial charge < -0.3 is 0 Å². The van der Waals surface area contributed by atoms with Crippen molar-refractivity contribution >= 4 is 23.6 Å². The van der Waals surface area contributed by atoms with E-state index < -0.39 is 0 Å². The molecule has 0 bridgehead atoms. The maximum atomic E-state index is 10.2. The van der Waals surface area contributed by atoms with Gasteiger partial charge >= 0.3 is 7.41 Å². The maximum absolute atomic E-state index is 10.2. The predicted octanol–water partition coefficient (Wildman–Crippen LogP) is 1.58. The molecule has 2 rings (SSSR count). The molecule has 62 valence electrons. The molecule has 2 aromatic carbocycles. The van der Waals surface area contributed by atoms with Crippen LogP contribution in [0.4, 0.5) is 0 Å². The highest BCUT2D eigenvalue weighted by Gasteiger charge is 2.00. The lowest BCUT2D eigenvalue weighted by Gasteiger charge is -2.00. The molecule has 0 aliphatic carbocycles. The van der Waals surface area contributed by atoms with E-state index in [9.17, 15) is 4.91 Å². The molecule has 0 unspecified atom stereocenters. The lowest BCUT2D eigenvalue weighted by molar-refractivity contribution is 1.75. The van der Waals surface area contributed by atoms with Crippen LogP contribution >= 0.6 is 0 Å². The van der Waals surface area contributed by atoms with Crippen molar-refractivity contribution in [3.8, 4) is 0 Å². The molecule has 0 saturated carbocycles. The van der Waals surface area contributed by atoms with Crippen LogP contribution in [0.3, 0.4) is 0 Å². The number of nitroso groups, excluding NO2 is 1. The molecule has 0 amide bonds. The van der Waals surface area contributed by atoms with Gasteiger partial charge in [-0.3, -0.25) is 0 Å². The van der Waals surface area contributed by atoms with Crippen LogP contribution in [-0.2, 0) is 0 Å². The van der Waals surface area contributed by atoms with Gasteiger partial charge in [-0.05, 0) is 16.2 Å². The summed E-state index contributed by atoms with van der Waals surface area (Å²) < 4.78 is 0. The zero-order chi connectivity index (χ0) is 9.10. The number of rotatable bonds is 2. The highest BCUT2D eigenvalue weighted by atomic mass is 16.2. The van der Waals surface area contributed by atoms with E-state index >= 15 is 0 Å². The van der Waals surface area contributed by atoms with Crippen molar-refractivity contribution in [3.05, 3.63) is 47.4 Å². The van der Waals surface area contributed by atoms with Crippen LogP contribution in [0.15, 0.2) is 47.6 Å². The zero-order valence-corrected chi connectivity index (χ0v) is 7.10. The predicted molar refractivity (Wildman–Crippen MR) is 56.5 cm³/mol. The number of fused-ring (bicyclic) bond motifs is 1. The van der Waals surface area contributed by atoms with E-state index in [4.69, 9.17) is 0 Å². The van der Waals surface area contributed by atoms with Gasteiger partial charge in [0.1, 0.15) is 0 Å². The smallest absolute Gasteiger partial charge is 0.168 e. The molecule has 2 nitrogen and oxygen atoms in total. The topological polar surface area (TPSA) is 29.4 Å². The number of hydrogen-bond donors (Lipinski definition) is 0. The Morgan fingerprint density at radius 1 is 1.00 bits per heavy atom. The molecule has 0 fully saturated rings. The van der Waals surface area contributed by atoms with Crippen LogP contribution in [0.5, 0.6) is 0 Å². The van der Waals surface area contributed by atoms with Crippen molar-refractivity contribution in [2.24, 2.45) is 5.09 Å². The molecular weight excluding hydrogens is 161 g/mol. The van der Waals surface area contributed by atoms with Gasteiger partial charge in [0.25, 0.3) is 0 Å². The van der Waals surface area contributed by atoms with E-state index in [1.807, 2.05) is 42.5 Å². The van der Waals surface area contributed by atoms with Gasteiger partial charge in [0.2, 0.25) is 0 Å². The van der Waals surface area contributed by atoms with Gasteiger partial charge in [-0.25, -0.2) is 0 Å². The first-order valence-electron chi connectivity index (χ1n) is 4.17. The number of benzene rings is 2. The molecule has 0 aliphatic rings. The molecule has 0 spiro atoms. The molecule has 13 heavy (non-hydrogen) atoms. The second-order valence-electron chi connectivity index (χ2n) is 2.93. The summed E-state index contributed by atoms with van der Waals surface area (Å²) >= 11 is 0. The Morgan fingerprint density at radius 2 is 1.77 bits per heavy atom. The highest BCUT2D eigenvalue weighted by Crippen LogP contribution is 2.09. The second-order valence-corrected chi connectivity index (χ2v) is 2.93. The van der Waals surface area contributed by atoms with Gasteiger partial charge in [0.05, 0.1) is 0 Å². The SMILES string of the molecule is O=NBc1cccc2ccccc12. The van der Waals surface area contributed by atoms with Crippen LogP contribution in [0.2, 0.25) is 0 Å². The van der Waals surface area contributed by atoms with Crippen molar-refractivity contribution in [3.63, 3.8) is 0 Å². The third-order valence-corrected chi connectivity index (χ3v) is 2.11. The van der Waals surface area contributed by atoms with Crippen LogP contribution in [0.1, 0.15) is 0 Å². The summed E-state index contributed by atoms with van der Waals surface area (Å²) in [6.07, 6.45) is 0. The van der Waals surface area contributed by atoms with Gasteiger partial charge in [0.15, 0.2) is 0 Å². The van der Waals surface area contributed by atoms with Crippen LogP contribution in [0.25, 0.3) is 10.8 Å². The Bertz CT molecular complexity index is 436. The van der Waals surface area contributed by atoms with Crippen molar-refractivity contribution in [2.75, 3.05) is 0 Å². The normalized spacial score (nSPS) is 9.85. The standard InChI is InChI=1S/C10H8BNO/c13-12-11-10-7-3-5-8-4-1-2-6-9(8)10/h1-7,11H. The molecule has 2 aromatic rings. The third-order valence-electron chi connectivity index (χ3n) is 2.11. The Morgan fingerprint density at radius 3 is 2.62 bits per heavy atom. The van der Waals surface area contributed by atoms with Crippen LogP contribution < -0.4 is 5.46 Å². The van der Waals surface area contributed by atoms with E-state index in [-0.39, 0.29) is 7.41 Å². The average molecular weight is 169 g/mol. The minimum atomic E-state index is 0.251. The van der Waals surface area contributed by atoms with Gasteiger partial charge in [0, 0.05) is 0 Å². The fourth-order valence-corrected chi connectivity index (χ4v) is 1.50.